The van der Waals surface area contributed by atoms with Gasteiger partial charge in [0.1, 0.15) is 0 Å². The van der Waals surface area contributed by atoms with Crippen molar-refractivity contribution >= 4 is 27.4 Å². The van der Waals surface area contributed by atoms with Crippen LogP contribution in [0, 0.1) is 12.8 Å². The number of fused-ring (bicyclic) bond motifs is 3. The molecule has 0 radical (unpaired) electrons. The van der Waals surface area contributed by atoms with Crippen LogP contribution in [0.15, 0.2) is 182 Å². The molecule has 1 heterocycles. The minimum absolute atomic E-state index is 0.586. The molecule has 51 heavy (non-hydrogen) atoms. The summed E-state index contributed by atoms with van der Waals surface area (Å²) in [4.78, 5) is 0. The van der Waals surface area contributed by atoms with Crippen LogP contribution < -0.4 is 0 Å². The fourth-order valence-electron chi connectivity index (χ4n) is 7.54. The number of aromatic nitrogens is 1. The van der Waals surface area contributed by atoms with Crippen LogP contribution in [0.25, 0.3) is 77.6 Å². The Morgan fingerprint density at radius 2 is 0.922 bits per heavy atom. The van der Waals surface area contributed by atoms with E-state index in [0.29, 0.717) is 5.92 Å². The zero-order valence-electron chi connectivity index (χ0n) is 29.1. The van der Waals surface area contributed by atoms with Crippen LogP contribution in [0.5, 0.6) is 0 Å². The monoisotopic (exact) mass is 653 g/mol. The topological polar surface area (TPSA) is 4.93 Å². The van der Waals surface area contributed by atoms with Crippen molar-refractivity contribution < 1.29 is 0 Å². The van der Waals surface area contributed by atoms with Gasteiger partial charge in [0.15, 0.2) is 0 Å². The lowest BCUT2D eigenvalue weighted by Gasteiger charge is -2.15. The van der Waals surface area contributed by atoms with E-state index in [9.17, 15) is 0 Å². The smallest absolute Gasteiger partial charge is 0.0541 e. The van der Waals surface area contributed by atoms with Crippen molar-refractivity contribution in [3.05, 3.63) is 193 Å². The summed E-state index contributed by atoms with van der Waals surface area (Å²) in [7, 11) is 0. The first-order valence-corrected chi connectivity index (χ1v) is 18.0. The van der Waals surface area contributed by atoms with Gasteiger partial charge in [0.05, 0.1) is 11.0 Å². The summed E-state index contributed by atoms with van der Waals surface area (Å²) in [6.45, 7) is 4.42. The third-order valence-electron chi connectivity index (χ3n) is 10.4. The fourth-order valence-corrected chi connectivity index (χ4v) is 7.54. The molecule has 1 aromatic heterocycles. The van der Waals surface area contributed by atoms with Crippen molar-refractivity contribution in [2.75, 3.05) is 0 Å². The third-order valence-corrected chi connectivity index (χ3v) is 10.4. The van der Waals surface area contributed by atoms with E-state index in [4.69, 9.17) is 0 Å². The highest BCUT2D eigenvalue weighted by molar-refractivity contribution is 6.11. The lowest BCUT2D eigenvalue weighted by molar-refractivity contribution is 0.739. The lowest BCUT2D eigenvalue weighted by Crippen LogP contribution is -1.95. The Morgan fingerprint density at radius 1 is 0.451 bits per heavy atom. The highest BCUT2D eigenvalue weighted by Gasteiger charge is 2.15. The van der Waals surface area contributed by atoms with Crippen LogP contribution in [0.3, 0.4) is 0 Å². The van der Waals surface area contributed by atoms with Gasteiger partial charge in [-0.15, -0.1) is 0 Å². The van der Waals surface area contributed by atoms with Gasteiger partial charge in [-0.2, -0.15) is 0 Å². The molecule has 1 heteroatoms. The van der Waals surface area contributed by atoms with Gasteiger partial charge in [0, 0.05) is 16.5 Å². The van der Waals surface area contributed by atoms with Crippen LogP contribution in [0.2, 0.25) is 0 Å². The molecule has 0 N–H and O–H groups in total. The summed E-state index contributed by atoms with van der Waals surface area (Å²) in [5.41, 5.74) is 17.3. The number of nitrogens with zero attached hydrogens (tertiary/aromatic N) is 1. The number of rotatable bonds is 6. The number of hydrogen-bond acceptors (Lipinski definition) is 0. The van der Waals surface area contributed by atoms with Crippen LogP contribution in [-0.4, -0.2) is 4.57 Å². The Kier molecular flexibility index (Phi) is 7.82. The van der Waals surface area contributed by atoms with Crippen molar-refractivity contribution in [2.45, 2.75) is 20.3 Å². The van der Waals surface area contributed by atoms with E-state index in [1.54, 1.807) is 0 Å². The average molecular weight is 654 g/mol. The molecule has 0 aliphatic heterocycles. The number of aryl methyl sites for hydroxylation is 1. The summed E-state index contributed by atoms with van der Waals surface area (Å²) >= 11 is 0. The average Bonchev–Trinajstić information content (AvgIpc) is 3.52. The number of hydrogen-bond donors (Lipinski definition) is 0. The first kappa shape index (κ1) is 30.8. The first-order valence-electron chi connectivity index (χ1n) is 18.0. The maximum atomic E-state index is 2.39. The van der Waals surface area contributed by atoms with Crippen molar-refractivity contribution in [3.8, 4) is 50.2 Å². The molecule has 1 aliphatic carbocycles. The molecule has 1 atom stereocenters. The normalized spacial score (nSPS) is 14.2. The first-order chi connectivity index (χ1) is 25.1. The maximum Gasteiger partial charge on any atom is 0.0541 e. The van der Waals surface area contributed by atoms with E-state index < -0.39 is 0 Å². The van der Waals surface area contributed by atoms with E-state index in [0.717, 1.165) is 6.42 Å². The van der Waals surface area contributed by atoms with Crippen molar-refractivity contribution in [3.63, 3.8) is 0 Å². The second kappa shape index (κ2) is 12.9. The van der Waals surface area contributed by atoms with Crippen LogP contribution >= 0.6 is 0 Å². The van der Waals surface area contributed by atoms with Gasteiger partial charge in [0.25, 0.3) is 0 Å². The van der Waals surface area contributed by atoms with Gasteiger partial charge < -0.3 is 4.57 Å². The second-order valence-corrected chi connectivity index (χ2v) is 14.0. The molecule has 8 aromatic rings. The standard InChI is InChI=1S/C50H39N/c1-34-13-17-37(18-14-34)41-25-27-49-47(32-41)48-33-42(26-28-50(48)51(49)46-11-7-4-8-12-46)38-21-23-40(24-22-38)45-30-43(36-9-5-3-6-10-36)29-44(31-45)39-19-15-35(2)16-20-39/h3-15,17-33,35H,16H2,1-2H3. The van der Waals surface area contributed by atoms with Crippen LogP contribution in [0.1, 0.15) is 24.5 Å². The summed E-state index contributed by atoms with van der Waals surface area (Å²) in [5.74, 6) is 0.586. The van der Waals surface area contributed by atoms with Gasteiger partial charge in [-0.1, -0.05) is 140 Å². The van der Waals surface area contributed by atoms with Gasteiger partial charge in [-0.25, -0.2) is 0 Å². The molecular weight excluding hydrogens is 615 g/mol. The Hall–Kier alpha value is -6.18. The van der Waals surface area contributed by atoms with Gasteiger partial charge in [-0.05, 0) is 130 Å². The predicted molar refractivity (Wildman–Crippen MR) is 218 cm³/mol. The summed E-state index contributed by atoms with van der Waals surface area (Å²) in [6.07, 6.45) is 8.08. The van der Waals surface area contributed by atoms with Crippen LogP contribution in [-0.2, 0) is 0 Å². The molecule has 7 aromatic carbocycles. The van der Waals surface area contributed by atoms with Gasteiger partial charge in [0.2, 0.25) is 0 Å². The van der Waals surface area contributed by atoms with Crippen LogP contribution in [0.4, 0.5) is 0 Å². The number of allylic oxidation sites excluding steroid dienone is 4. The van der Waals surface area contributed by atoms with Crippen molar-refractivity contribution in [2.24, 2.45) is 5.92 Å². The minimum atomic E-state index is 0.586. The number of benzene rings is 7. The molecule has 1 nitrogen and oxygen atoms in total. The van der Waals surface area contributed by atoms with Gasteiger partial charge >= 0.3 is 0 Å². The van der Waals surface area contributed by atoms with Gasteiger partial charge in [-0.3, -0.25) is 0 Å². The maximum absolute atomic E-state index is 2.39. The Labute approximate surface area is 300 Å². The molecule has 0 spiro atoms. The zero-order valence-corrected chi connectivity index (χ0v) is 29.1. The summed E-state index contributed by atoms with van der Waals surface area (Å²) in [5, 5.41) is 2.52. The zero-order chi connectivity index (χ0) is 34.3. The van der Waals surface area contributed by atoms with E-state index in [2.05, 4.69) is 200 Å². The highest BCUT2D eigenvalue weighted by Crippen LogP contribution is 2.38. The fraction of sp³-hybridized carbons (Fsp3) is 0.0800. The van der Waals surface area contributed by atoms with Crippen molar-refractivity contribution in [1.82, 2.24) is 4.57 Å². The van der Waals surface area contributed by atoms with E-state index in [1.165, 1.54) is 88.7 Å². The summed E-state index contributed by atoms with van der Waals surface area (Å²) < 4.78 is 2.39. The lowest BCUT2D eigenvalue weighted by atomic mass is 9.89. The van der Waals surface area contributed by atoms with E-state index in [1.807, 2.05) is 0 Å². The highest BCUT2D eigenvalue weighted by atomic mass is 15.0. The molecule has 244 valence electrons. The van der Waals surface area contributed by atoms with E-state index in [-0.39, 0.29) is 0 Å². The predicted octanol–water partition coefficient (Wildman–Crippen LogP) is 13.7. The molecule has 9 rings (SSSR count). The third kappa shape index (κ3) is 5.92. The molecule has 0 fully saturated rings. The minimum Gasteiger partial charge on any atom is -0.309 e. The largest absolute Gasteiger partial charge is 0.309 e. The Morgan fingerprint density at radius 3 is 1.47 bits per heavy atom. The Bertz CT molecular complexity index is 2580. The van der Waals surface area contributed by atoms with E-state index >= 15 is 0 Å². The second-order valence-electron chi connectivity index (χ2n) is 14.0. The molecule has 0 saturated heterocycles. The summed E-state index contributed by atoms with van der Waals surface area (Å²) in [6, 6.07) is 60.2. The quantitative estimate of drug-likeness (QED) is 0.168. The Balaban J connectivity index is 1.14. The SMILES string of the molecule is Cc1ccc(-c2ccc3c(c2)c2cc(-c4ccc(-c5cc(C6=CCC(C)C=C6)cc(-c6ccccc6)c5)cc4)ccc2n3-c2ccccc2)cc1. The molecule has 0 saturated carbocycles. The molecule has 0 amide bonds. The molecular formula is C50H39N. The van der Waals surface area contributed by atoms with Crippen molar-refractivity contribution in [1.29, 1.82) is 0 Å². The molecule has 1 unspecified atom stereocenters. The number of para-hydroxylation sites is 1. The molecule has 0 bridgehead atoms. The molecule has 1 aliphatic rings.